The summed E-state index contributed by atoms with van der Waals surface area (Å²) in [6.45, 7) is 0. The second-order valence-electron chi connectivity index (χ2n) is 4.38. The summed E-state index contributed by atoms with van der Waals surface area (Å²) in [6.07, 6.45) is 11.1. The van der Waals surface area contributed by atoms with Gasteiger partial charge in [-0.3, -0.25) is 4.98 Å². The van der Waals surface area contributed by atoms with E-state index in [2.05, 4.69) is 15.4 Å². The number of allylic oxidation sites excluding steroid dienone is 1. The number of nitrogens with one attached hydrogen (secondary N) is 1. The molecule has 0 saturated heterocycles. The van der Waals surface area contributed by atoms with Crippen molar-refractivity contribution in [3.8, 4) is 5.69 Å². The van der Waals surface area contributed by atoms with Crippen molar-refractivity contribution in [2.45, 2.75) is 19.3 Å². The molecule has 5 heteroatoms. The van der Waals surface area contributed by atoms with Crippen LogP contribution in [0.4, 0.5) is 11.5 Å². The van der Waals surface area contributed by atoms with Gasteiger partial charge in [-0.15, -0.1) is 5.10 Å². The number of nitrogens with two attached hydrogens (primary N) is 1. The number of hydrogen-bond acceptors (Lipinski definition) is 4. The fraction of sp³-hybridized carbons (Fsp3) is 0.231. The Bertz CT molecular complexity index is 564. The molecule has 1 saturated carbocycles. The number of pyridine rings is 1. The van der Waals surface area contributed by atoms with Crippen LogP contribution in [0, 0.1) is 0 Å². The van der Waals surface area contributed by atoms with Crippen LogP contribution < -0.4 is 11.1 Å². The van der Waals surface area contributed by atoms with E-state index in [1.165, 1.54) is 24.8 Å². The maximum absolute atomic E-state index is 5.89. The minimum atomic E-state index is 0.503. The summed E-state index contributed by atoms with van der Waals surface area (Å²) in [5, 5.41) is 7.50. The first-order chi connectivity index (χ1) is 8.83. The van der Waals surface area contributed by atoms with Gasteiger partial charge in [-0.25, -0.2) is 4.68 Å². The Balaban J connectivity index is 1.82. The summed E-state index contributed by atoms with van der Waals surface area (Å²) in [7, 11) is 0. The molecule has 2 aromatic rings. The van der Waals surface area contributed by atoms with Gasteiger partial charge in [0.25, 0.3) is 0 Å². The van der Waals surface area contributed by atoms with E-state index in [1.54, 1.807) is 17.1 Å². The summed E-state index contributed by atoms with van der Waals surface area (Å²) < 4.78 is 1.75. The molecule has 3 rings (SSSR count). The number of nitrogen functional groups attached to an aromatic ring is 1. The zero-order valence-electron chi connectivity index (χ0n) is 10.0. The molecular formula is C13H15N5. The lowest BCUT2D eigenvalue weighted by Gasteiger charge is -2.15. The van der Waals surface area contributed by atoms with Crippen LogP contribution in [0.15, 0.2) is 42.5 Å². The van der Waals surface area contributed by atoms with Crippen LogP contribution in [-0.2, 0) is 0 Å². The molecule has 2 aromatic heterocycles. The van der Waals surface area contributed by atoms with E-state index in [0.29, 0.717) is 5.82 Å². The van der Waals surface area contributed by atoms with Crippen molar-refractivity contribution in [1.29, 1.82) is 0 Å². The van der Waals surface area contributed by atoms with E-state index in [9.17, 15) is 0 Å². The Morgan fingerprint density at radius 3 is 2.72 bits per heavy atom. The molecule has 0 bridgehead atoms. The molecule has 0 amide bonds. The van der Waals surface area contributed by atoms with Gasteiger partial charge in [0.05, 0.1) is 11.9 Å². The van der Waals surface area contributed by atoms with Gasteiger partial charge in [-0.05, 0) is 31.4 Å². The zero-order valence-corrected chi connectivity index (χ0v) is 10.0. The predicted octanol–water partition coefficient (Wildman–Crippen LogP) is 2.33. The van der Waals surface area contributed by atoms with E-state index in [1.807, 2.05) is 24.5 Å². The van der Waals surface area contributed by atoms with Crippen LogP contribution in [0.3, 0.4) is 0 Å². The molecule has 18 heavy (non-hydrogen) atoms. The third kappa shape index (κ3) is 2.07. The van der Waals surface area contributed by atoms with E-state index in [4.69, 9.17) is 5.73 Å². The third-order valence-electron chi connectivity index (χ3n) is 3.10. The second kappa shape index (κ2) is 4.52. The number of nitrogens with zero attached hydrogens (tertiary/aromatic N) is 3. The Morgan fingerprint density at radius 1 is 1.28 bits per heavy atom. The summed E-state index contributed by atoms with van der Waals surface area (Å²) in [5.74, 6) is 0.503. The smallest absolute Gasteiger partial charge is 0.169 e. The molecule has 0 aliphatic heterocycles. The normalized spacial score (nSPS) is 14.1. The lowest BCUT2D eigenvalue weighted by molar-refractivity contribution is 0.661. The highest BCUT2D eigenvalue weighted by Gasteiger charge is 2.09. The quantitative estimate of drug-likeness (QED) is 0.865. The van der Waals surface area contributed by atoms with Crippen molar-refractivity contribution >= 4 is 11.5 Å². The topological polar surface area (TPSA) is 68.8 Å². The van der Waals surface area contributed by atoms with Crippen molar-refractivity contribution < 1.29 is 0 Å². The van der Waals surface area contributed by atoms with E-state index in [-0.39, 0.29) is 0 Å². The first kappa shape index (κ1) is 10.8. The Hall–Kier alpha value is -2.30. The average molecular weight is 241 g/mol. The summed E-state index contributed by atoms with van der Waals surface area (Å²) in [6, 6.07) is 3.78. The minimum Gasteiger partial charge on any atom is -0.380 e. The second-order valence-corrected chi connectivity index (χ2v) is 4.38. The van der Waals surface area contributed by atoms with E-state index >= 15 is 0 Å². The van der Waals surface area contributed by atoms with E-state index < -0.39 is 0 Å². The molecule has 0 spiro atoms. The molecule has 1 fully saturated rings. The number of aromatic nitrogens is 3. The monoisotopic (exact) mass is 241 g/mol. The highest BCUT2D eigenvalue weighted by atomic mass is 15.3. The van der Waals surface area contributed by atoms with Crippen LogP contribution >= 0.6 is 0 Å². The largest absolute Gasteiger partial charge is 0.380 e. The van der Waals surface area contributed by atoms with Crippen molar-refractivity contribution in [2.24, 2.45) is 0 Å². The predicted molar refractivity (Wildman–Crippen MR) is 71.3 cm³/mol. The zero-order chi connectivity index (χ0) is 12.4. The van der Waals surface area contributed by atoms with Gasteiger partial charge in [0, 0.05) is 18.6 Å². The molecule has 0 atom stereocenters. The summed E-state index contributed by atoms with van der Waals surface area (Å²) in [5.41, 5.74) is 9.11. The molecule has 0 aromatic carbocycles. The van der Waals surface area contributed by atoms with Gasteiger partial charge < -0.3 is 11.1 Å². The highest BCUT2D eigenvalue weighted by Crippen LogP contribution is 2.26. The third-order valence-corrected chi connectivity index (χ3v) is 3.10. The molecule has 1 aliphatic rings. The lowest BCUT2D eigenvalue weighted by Crippen LogP contribution is -2.00. The van der Waals surface area contributed by atoms with E-state index in [0.717, 1.165) is 11.4 Å². The highest BCUT2D eigenvalue weighted by molar-refractivity contribution is 5.63. The minimum absolute atomic E-state index is 0.503. The molecule has 5 nitrogen and oxygen atoms in total. The van der Waals surface area contributed by atoms with Gasteiger partial charge in [0.2, 0.25) is 0 Å². The van der Waals surface area contributed by atoms with Crippen LogP contribution in [0.25, 0.3) is 5.69 Å². The van der Waals surface area contributed by atoms with Crippen molar-refractivity contribution in [2.75, 3.05) is 11.1 Å². The number of hydrogen-bond donors (Lipinski definition) is 2. The first-order valence-electron chi connectivity index (χ1n) is 6.03. The Morgan fingerprint density at radius 2 is 2.06 bits per heavy atom. The fourth-order valence-corrected chi connectivity index (χ4v) is 1.83. The molecule has 3 N–H and O–H groups in total. The van der Waals surface area contributed by atoms with Gasteiger partial charge in [0.1, 0.15) is 5.69 Å². The molecular weight excluding hydrogens is 226 g/mol. The van der Waals surface area contributed by atoms with Crippen molar-refractivity contribution in [3.63, 3.8) is 0 Å². The Kier molecular flexibility index (Phi) is 2.72. The van der Waals surface area contributed by atoms with Gasteiger partial charge in [0.15, 0.2) is 5.82 Å². The number of anilines is 2. The Labute approximate surface area is 105 Å². The van der Waals surface area contributed by atoms with Gasteiger partial charge in [-0.2, -0.15) is 0 Å². The molecule has 1 aliphatic carbocycles. The van der Waals surface area contributed by atoms with Crippen LogP contribution in [0.5, 0.6) is 0 Å². The van der Waals surface area contributed by atoms with Crippen molar-refractivity contribution in [3.05, 3.63) is 42.5 Å². The maximum atomic E-state index is 5.89. The number of rotatable bonds is 3. The molecule has 0 unspecified atom stereocenters. The van der Waals surface area contributed by atoms with Gasteiger partial charge in [-0.1, -0.05) is 5.57 Å². The van der Waals surface area contributed by atoms with Crippen molar-refractivity contribution in [1.82, 2.24) is 14.8 Å². The van der Waals surface area contributed by atoms with Crippen LogP contribution in [0.2, 0.25) is 0 Å². The molecule has 0 radical (unpaired) electrons. The SMILES string of the molecule is Nc1nn(-c2ccncc2)cc1NC=C1CCC1. The molecule has 2 heterocycles. The van der Waals surface area contributed by atoms with Crippen LogP contribution in [0.1, 0.15) is 19.3 Å². The summed E-state index contributed by atoms with van der Waals surface area (Å²) >= 11 is 0. The lowest BCUT2D eigenvalue weighted by atomic mass is 9.94. The molecule has 92 valence electrons. The maximum Gasteiger partial charge on any atom is 0.169 e. The fourth-order valence-electron chi connectivity index (χ4n) is 1.83. The van der Waals surface area contributed by atoms with Crippen LogP contribution in [-0.4, -0.2) is 14.8 Å². The van der Waals surface area contributed by atoms with Gasteiger partial charge >= 0.3 is 0 Å². The standard InChI is InChI=1S/C13H15N5/c14-13-12(16-8-10-2-1-3-10)9-18(17-13)11-4-6-15-7-5-11/h4-9,16H,1-3H2,(H2,14,17). The average Bonchev–Trinajstić information content (AvgIpc) is 2.70. The summed E-state index contributed by atoms with van der Waals surface area (Å²) in [4.78, 5) is 3.98. The first-order valence-corrected chi connectivity index (χ1v) is 6.03.